The first-order chi connectivity index (χ1) is 14.1. The third kappa shape index (κ3) is 4.00. The second-order valence-corrected chi connectivity index (χ2v) is 8.05. The Hall–Kier alpha value is -3.58. The van der Waals surface area contributed by atoms with E-state index < -0.39 is 10.0 Å². The molecule has 2 N–H and O–H groups in total. The van der Waals surface area contributed by atoms with E-state index in [9.17, 15) is 8.42 Å². The first-order valence-electron chi connectivity index (χ1n) is 8.94. The van der Waals surface area contributed by atoms with E-state index in [0.29, 0.717) is 17.0 Å². The predicted molar refractivity (Wildman–Crippen MR) is 113 cm³/mol. The number of H-pyrrole nitrogens is 1. The average Bonchev–Trinajstić information content (AvgIpc) is 3.25. The maximum absolute atomic E-state index is 12.6. The SMILES string of the molecule is COc1ccc(NS(=O)(=O)c2ccccc2)cc1-c1cc(-c2ccccc2)n[nH]1. The third-order valence-electron chi connectivity index (χ3n) is 4.44. The Kier molecular flexibility index (Phi) is 5.05. The summed E-state index contributed by atoms with van der Waals surface area (Å²) in [6.07, 6.45) is 0. The fraction of sp³-hybridized carbons (Fsp3) is 0.0455. The highest BCUT2D eigenvalue weighted by Crippen LogP contribution is 2.34. The Morgan fingerprint density at radius 1 is 0.897 bits per heavy atom. The van der Waals surface area contributed by atoms with Crippen molar-refractivity contribution in [3.63, 3.8) is 0 Å². The lowest BCUT2D eigenvalue weighted by atomic mass is 10.1. The first kappa shape index (κ1) is 18.8. The molecule has 1 aromatic heterocycles. The zero-order valence-electron chi connectivity index (χ0n) is 15.7. The molecule has 4 rings (SSSR count). The third-order valence-corrected chi connectivity index (χ3v) is 5.84. The Morgan fingerprint density at radius 2 is 1.59 bits per heavy atom. The second-order valence-electron chi connectivity index (χ2n) is 6.37. The molecule has 0 aliphatic rings. The molecule has 0 saturated heterocycles. The van der Waals surface area contributed by atoms with Crippen molar-refractivity contribution in [2.45, 2.75) is 4.90 Å². The molecule has 0 unspecified atom stereocenters. The highest BCUT2D eigenvalue weighted by Gasteiger charge is 2.16. The lowest BCUT2D eigenvalue weighted by molar-refractivity contribution is 0.416. The van der Waals surface area contributed by atoms with Crippen LogP contribution < -0.4 is 9.46 Å². The Labute approximate surface area is 169 Å². The zero-order valence-corrected chi connectivity index (χ0v) is 16.5. The van der Waals surface area contributed by atoms with Gasteiger partial charge in [0.05, 0.1) is 23.4 Å². The molecule has 0 spiro atoms. The van der Waals surface area contributed by atoms with Crippen LogP contribution >= 0.6 is 0 Å². The summed E-state index contributed by atoms with van der Waals surface area (Å²) in [7, 11) is -2.12. The topological polar surface area (TPSA) is 84.1 Å². The number of methoxy groups -OCH3 is 1. The van der Waals surface area contributed by atoms with Gasteiger partial charge < -0.3 is 4.74 Å². The van der Waals surface area contributed by atoms with Gasteiger partial charge in [-0.05, 0) is 36.4 Å². The number of ether oxygens (including phenoxy) is 1. The maximum atomic E-state index is 12.6. The van der Waals surface area contributed by atoms with Crippen molar-refractivity contribution in [1.29, 1.82) is 0 Å². The fourth-order valence-corrected chi connectivity index (χ4v) is 4.08. The van der Waals surface area contributed by atoms with Crippen LogP contribution in [0.1, 0.15) is 0 Å². The monoisotopic (exact) mass is 405 g/mol. The summed E-state index contributed by atoms with van der Waals surface area (Å²) < 4.78 is 33.3. The van der Waals surface area contributed by atoms with Crippen molar-refractivity contribution in [1.82, 2.24) is 10.2 Å². The van der Waals surface area contributed by atoms with Crippen LogP contribution in [0.3, 0.4) is 0 Å². The molecule has 0 fully saturated rings. The maximum Gasteiger partial charge on any atom is 0.261 e. The molecule has 0 aliphatic carbocycles. The van der Waals surface area contributed by atoms with Crippen molar-refractivity contribution in [3.8, 4) is 28.3 Å². The van der Waals surface area contributed by atoms with Crippen molar-refractivity contribution >= 4 is 15.7 Å². The standard InChI is InChI=1S/C22H19N3O3S/c1-28-22-13-12-17(25-29(26,27)18-10-6-3-7-11-18)14-19(22)21-15-20(23-24-21)16-8-4-2-5-9-16/h2-15,25H,1H3,(H,23,24). The lowest BCUT2D eigenvalue weighted by Gasteiger charge is -2.12. The van der Waals surface area contributed by atoms with Gasteiger partial charge in [-0.1, -0.05) is 48.5 Å². The van der Waals surface area contributed by atoms with Crippen LogP contribution in [0.4, 0.5) is 5.69 Å². The lowest BCUT2D eigenvalue weighted by Crippen LogP contribution is -2.12. The second kappa shape index (κ2) is 7.81. The average molecular weight is 405 g/mol. The van der Waals surface area contributed by atoms with Gasteiger partial charge in [0.15, 0.2) is 0 Å². The van der Waals surface area contributed by atoms with E-state index in [2.05, 4.69) is 14.9 Å². The van der Waals surface area contributed by atoms with Crippen molar-refractivity contribution in [2.24, 2.45) is 0 Å². The molecular formula is C22H19N3O3S. The molecule has 4 aromatic rings. The number of nitrogens with one attached hydrogen (secondary N) is 2. The summed E-state index contributed by atoms with van der Waals surface area (Å²) in [5.41, 5.74) is 3.63. The van der Waals surface area contributed by atoms with Crippen molar-refractivity contribution in [3.05, 3.63) is 84.9 Å². The molecule has 1 heterocycles. The molecule has 0 radical (unpaired) electrons. The summed E-state index contributed by atoms with van der Waals surface area (Å²) in [4.78, 5) is 0.199. The molecule has 0 bridgehead atoms. The number of hydrogen-bond acceptors (Lipinski definition) is 4. The molecule has 7 heteroatoms. The van der Waals surface area contributed by atoms with Crippen molar-refractivity contribution in [2.75, 3.05) is 11.8 Å². The fourth-order valence-electron chi connectivity index (χ4n) is 3.01. The molecule has 146 valence electrons. The van der Waals surface area contributed by atoms with Crippen LogP contribution in [0, 0.1) is 0 Å². The smallest absolute Gasteiger partial charge is 0.261 e. The van der Waals surface area contributed by atoms with Crippen LogP contribution in [-0.2, 0) is 10.0 Å². The minimum Gasteiger partial charge on any atom is -0.496 e. The number of nitrogens with zero attached hydrogens (tertiary/aromatic N) is 1. The van der Waals surface area contributed by atoms with E-state index in [0.717, 1.165) is 17.0 Å². The number of rotatable bonds is 6. The van der Waals surface area contributed by atoms with Gasteiger partial charge in [0, 0.05) is 16.8 Å². The van der Waals surface area contributed by atoms with Gasteiger partial charge in [-0.2, -0.15) is 5.10 Å². The van der Waals surface area contributed by atoms with E-state index >= 15 is 0 Å². The number of sulfonamides is 1. The molecular weight excluding hydrogens is 386 g/mol. The van der Waals surface area contributed by atoms with Crippen LogP contribution in [-0.4, -0.2) is 25.7 Å². The van der Waals surface area contributed by atoms with Gasteiger partial charge in [-0.15, -0.1) is 0 Å². The minimum absolute atomic E-state index is 0.199. The highest BCUT2D eigenvalue weighted by molar-refractivity contribution is 7.92. The minimum atomic E-state index is -3.69. The quantitative estimate of drug-likeness (QED) is 0.493. The predicted octanol–water partition coefficient (Wildman–Crippen LogP) is 4.55. The van der Waals surface area contributed by atoms with Gasteiger partial charge in [-0.25, -0.2) is 8.42 Å². The summed E-state index contributed by atoms with van der Waals surface area (Å²) in [6.45, 7) is 0. The summed E-state index contributed by atoms with van der Waals surface area (Å²) in [6, 6.07) is 25.0. The van der Waals surface area contributed by atoms with Gasteiger partial charge in [0.25, 0.3) is 10.0 Å². The van der Waals surface area contributed by atoms with Crippen LogP contribution in [0.15, 0.2) is 89.8 Å². The number of aromatic nitrogens is 2. The summed E-state index contributed by atoms with van der Waals surface area (Å²) >= 11 is 0. The first-order valence-corrected chi connectivity index (χ1v) is 10.4. The van der Waals surface area contributed by atoms with E-state index in [1.165, 1.54) is 0 Å². The van der Waals surface area contributed by atoms with E-state index in [-0.39, 0.29) is 4.90 Å². The van der Waals surface area contributed by atoms with Gasteiger partial charge in [0.1, 0.15) is 5.75 Å². The molecule has 0 amide bonds. The summed E-state index contributed by atoms with van der Waals surface area (Å²) in [5.74, 6) is 0.607. The molecule has 29 heavy (non-hydrogen) atoms. The number of hydrogen-bond donors (Lipinski definition) is 2. The number of anilines is 1. The van der Waals surface area contributed by atoms with Crippen LogP contribution in [0.25, 0.3) is 22.5 Å². The van der Waals surface area contributed by atoms with E-state index in [4.69, 9.17) is 4.74 Å². The normalized spacial score (nSPS) is 11.2. The van der Waals surface area contributed by atoms with E-state index in [1.807, 2.05) is 36.4 Å². The largest absolute Gasteiger partial charge is 0.496 e. The Bertz CT molecular complexity index is 1220. The van der Waals surface area contributed by atoms with Gasteiger partial charge in [-0.3, -0.25) is 9.82 Å². The zero-order chi connectivity index (χ0) is 20.3. The number of benzene rings is 3. The van der Waals surface area contributed by atoms with Gasteiger partial charge >= 0.3 is 0 Å². The molecule has 0 aliphatic heterocycles. The Balaban J connectivity index is 1.69. The van der Waals surface area contributed by atoms with Crippen LogP contribution in [0.2, 0.25) is 0 Å². The van der Waals surface area contributed by atoms with E-state index in [1.54, 1.807) is 55.6 Å². The van der Waals surface area contributed by atoms with Crippen molar-refractivity contribution < 1.29 is 13.2 Å². The molecule has 6 nitrogen and oxygen atoms in total. The van der Waals surface area contributed by atoms with Crippen LogP contribution in [0.5, 0.6) is 5.75 Å². The van der Waals surface area contributed by atoms with Gasteiger partial charge in [0.2, 0.25) is 0 Å². The highest BCUT2D eigenvalue weighted by atomic mass is 32.2. The number of aromatic amines is 1. The Morgan fingerprint density at radius 3 is 2.28 bits per heavy atom. The summed E-state index contributed by atoms with van der Waals surface area (Å²) in [5, 5.41) is 7.38. The molecule has 0 saturated carbocycles. The molecule has 3 aromatic carbocycles. The molecule has 0 atom stereocenters.